The second kappa shape index (κ2) is 9.27. The van der Waals surface area contributed by atoms with Crippen molar-refractivity contribution in [3.05, 3.63) is 35.9 Å². The van der Waals surface area contributed by atoms with E-state index in [9.17, 15) is 9.59 Å². The summed E-state index contributed by atoms with van der Waals surface area (Å²) in [4.78, 5) is 24.7. The molecule has 2 rings (SSSR count). The SMILES string of the molecule is NCC(=O)NCC(=O)N1CCC(OCCCc2ccccc2)C1. The van der Waals surface area contributed by atoms with Gasteiger partial charge in [0, 0.05) is 19.7 Å². The van der Waals surface area contributed by atoms with E-state index >= 15 is 0 Å². The molecule has 2 amide bonds. The van der Waals surface area contributed by atoms with E-state index < -0.39 is 0 Å². The average molecular weight is 319 g/mol. The van der Waals surface area contributed by atoms with Gasteiger partial charge in [0.15, 0.2) is 0 Å². The Morgan fingerprint density at radius 2 is 2.09 bits per heavy atom. The van der Waals surface area contributed by atoms with Crippen molar-refractivity contribution in [1.29, 1.82) is 0 Å². The second-order valence-corrected chi connectivity index (χ2v) is 5.69. The fourth-order valence-corrected chi connectivity index (χ4v) is 2.62. The Morgan fingerprint density at radius 3 is 2.83 bits per heavy atom. The molecule has 0 spiro atoms. The van der Waals surface area contributed by atoms with Gasteiger partial charge >= 0.3 is 0 Å². The van der Waals surface area contributed by atoms with Crippen molar-refractivity contribution < 1.29 is 14.3 Å². The predicted octanol–water partition coefficient (Wildman–Crippen LogP) is 0.312. The number of hydrogen-bond acceptors (Lipinski definition) is 4. The van der Waals surface area contributed by atoms with Gasteiger partial charge in [-0.15, -0.1) is 0 Å². The Labute approximate surface area is 137 Å². The highest BCUT2D eigenvalue weighted by Gasteiger charge is 2.26. The van der Waals surface area contributed by atoms with Crippen LogP contribution in [-0.2, 0) is 20.7 Å². The molecule has 1 unspecified atom stereocenters. The minimum Gasteiger partial charge on any atom is -0.376 e. The maximum Gasteiger partial charge on any atom is 0.242 e. The molecule has 1 aromatic rings. The van der Waals surface area contributed by atoms with Gasteiger partial charge in [-0.25, -0.2) is 0 Å². The summed E-state index contributed by atoms with van der Waals surface area (Å²) in [6.45, 7) is 1.89. The molecule has 23 heavy (non-hydrogen) atoms. The molecule has 3 N–H and O–H groups in total. The van der Waals surface area contributed by atoms with Gasteiger partial charge in [0.2, 0.25) is 11.8 Å². The first-order valence-electron chi connectivity index (χ1n) is 8.09. The lowest BCUT2D eigenvalue weighted by Crippen LogP contribution is -2.41. The van der Waals surface area contributed by atoms with Crippen LogP contribution in [0, 0.1) is 0 Å². The molecule has 1 aromatic carbocycles. The van der Waals surface area contributed by atoms with Gasteiger partial charge in [-0.05, 0) is 24.8 Å². The molecular weight excluding hydrogens is 294 g/mol. The lowest BCUT2D eigenvalue weighted by Gasteiger charge is -2.17. The molecule has 0 saturated carbocycles. The summed E-state index contributed by atoms with van der Waals surface area (Å²) >= 11 is 0. The third-order valence-corrected chi connectivity index (χ3v) is 3.93. The summed E-state index contributed by atoms with van der Waals surface area (Å²) in [5.74, 6) is -0.395. The molecule has 1 aliphatic rings. The maximum absolute atomic E-state index is 11.9. The van der Waals surface area contributed by atoms with Crippen LogP contribution in [0.2, 0.25) is 0 Å². The van der Waals surface area contributed by atoms with Crippen molar-refractivity contribution >= 4 is 11.8 Å². The number of nitrogens with two attached hydrogens (primary N) is 1. The predicted molar refractivity (Wildman–Crippen MR) is 87.8 cm³/mol. The van der Waals surface area contributed by atoms with Gasteiger partial charge in [0.1, 0.15) is 0 Å². The molecule has 1 heterocycles. The third-order valence-electron chi connectivity index (χ3n) is 3.93. The average Bonchev–Trinajstić information content (AvgIpc) is 3.06. The Kier molecular flexibility index (Phi) is 7.03. The molecule has 1 aliphatic heterocycles. The highest BCUT2D eigenvalue weighted by atomic mass is 16.5. The van der Waals surface area contributed by atoms with E-state index in [1.54, 1.807) is 4.90 Å². The highest BCUT2D eigenvalue weighted by molar-refractivity contribution is 5.85. The zero-order valence-corrected chi connectivity index (χ0v) is 13.4. The summed E-state index contributed by atoms with van der Waals surface area (Å²) in [5.41, 5.74) is 6.50. The minimum absolute atomic E-state index is 0.0107. The first kappa shape index (κ1) is 17.4. The van der Waals surface area contributed by atoms with E-state index in [0.717, 1.165) is 19.3 Å². The molecule has 126 valence electrons. The molecule has 1 fully saturated rings. The van der Waals surface area contributed by atoms with Crippen molar-refractivity contribution in [2.45, 2.75) is 25.4 Å². The van der Waals surface area contributed by atoms with Crippen molar-refractivity contribution in [3.8, 4) is 0 Å². The normalized spacial score (nSPS) is 17.3. The van der Waals surface area contributed by atoms with Gasteiger partial charge in [-0.3, -0.25) is 9.59 Å². The topological polar surface area (TPSA) is 84.7 Å². The Morgan fingerprint density at radius 1 is 1.30 bits per heavy atom. The molecule has 0 aliphatic carbocycles. The zero-order chi connectivity index (χ0) is 16.5. The number of hydrogen-bond donors (Lipinski definition) is 2. The van der Waals surface area contributed by atoms with Crippen molar-refractivity contribution in [2.24, 2.45) is 5.73 Å². The van der Waals surface area contributed by atoms with Crippen molar-refractivity contribution in [2.75, 3.05) is 32.8 Å². The first-order valence-corrected chi connectivity index (χ1v) is 8.09. The standard InChI is InChI=1S/C17H25N3O3/c18-11-16(21)19-12-17(22)20-9-8-15(13-20)23-10-4-7-14-5-2-1-3-6-14/h1-3,5-6,15H,4,7-13,18H2,(H,19,21). The molecule has 0 radical (unpaired) electrons. The molecule has 0 aromatic heterocycles. The van der Waals surface area contributed by atoms with E-state index in [4.69, 9.17) is 10.5 Å². The fraction of sp³-hybridized carbons (Fsp3) is 0.529. The van der Waals surface area contributed by atoms with Crippen molar-refractivity contribution in [3.63, 3.8) is 0 Å². The smallest absolute Gasteiger partial charge is 0.242 e. The number of nitrogens with one attached hydrogen (secondary N) is 1. The molecule has 1 saturated heterocycles. The number of nitrogens with zero attached hydrogens (tertiary/aromatic N) is 1. The largest absolute Gasteiger partial charge is 0.376 e. The molecule has 1 atom stereocenters. The minimum atomic E-state index is -0.314. The Balaban J connectivity index is 1.59. The van der Waals surface area contributed by atoms with Crippen LogP contribution in [-0.4, -0.2) is 55.6 Å². The van der Waals surface area contributed by atoms with Crippen LogP contribution in [0.3, 0.4) is 0 Å². The summed E-state index contributed by atoms with van der Waals surface area (Å²) in [7, 11) is 0. The van der Waals surface area contributed by atoms with Gasteiger partial charge in [-0.2, -0.15) is 0 Å². The van der Waals surface area contributed by atoms with Crippen LogP contribution in [0.1, 0.15) is 18.4 Å². The Bertz CT molecular complexity index is 507. The summed E-state index contributed by atoms with van der Waals surface area (Å²) < 4.78 is 5.85. The number of carbonyl (C=O) groups excluding carboxylic acids is 2. The van der Waals surface area contributed by atoms with Crippen LogP contribution in [0.5, 0.6) is 0 Å². The number of likely N-dealkylation sites (tertiary alicyclic amines) is 1. The number of aryl methyl sites for hydroxylation is 1. The van der Waals surface area contributed by atoms with Crippen LogP contribution in [0.4, 0.5) is 0 Å². The van der Waals surface area contributed by atoms with Gasteiger partial charge in [0.05, 0.1) is 19.2 Å². The van der Waals surface area contributed by atoms with Crippen molar-refractivity contribution in [1.82, 2.24) is 10.2 Å². The molecule has 6 heteroatoms. The molecule has 6 nitrogen and oxygen atoms in total. The number of carbonyl (C=O) groups is 2. The van der Waals surface area contributed by atoms with E-state index in [-0.39, 0.29) is 31.0 Å². The van der Waals surface area contributed by atoms with Crippen LogP contribution in [0.15, 0.2) is 30.3 Å². The summed E-state index contributed by atoms with van der Waals surface area (Å²) in [6, 6.07) is 10.3. The van der Waals surface area contributed by atoms with E-state index in [0.29, 0.717) is 19.7 Å². The molecule has 0 bridgehead atoms. The highest BCUT2D eigenvalue weighted by Crippen LogP contribution is 2.13. The molecular formula is C17H25N3O3. The summed E-state index contributed by atoms with van der Waals surface area (Å²) in [5, 5.41) is 2.50. The second-order valence-electron chi connectivity index (χ2n) is 5.69. The monoisotopic (exact) mass is 319 g/mol. The van der Waals surface area contributed by atoms with Crippen LogP contribution >= 0.6 is 0 Å². The van der Waals surface area contributed by atoms with Crippen LogP contribution < -0.4 is 11.1 Å². The number of rotatable bonds is 8. The third kappa shape index (κ3) is 6.00. The Hall–Kier alpha value is -1.92. The summed E-state index contributed by atoms with van der Waals surface area (Å²) in [6.07, 6.45) is 2.92. The lowest BCUT2D eigenvalue weighted by molar-refractivity contribution is -0.132. The quantitative estimate of drug-likeness (QED) is 0.676. The van der Waals surface area contributed by atoms with E-state index in [1.165, 1.54) is 5.56 Å². The fourth-order valence-electron chi connectivity index (χ4n) is 2.62. The number of benzene rings is 1. The maximum atomic E-state index is 11.9. The lowest BCUT2D eigenvalue weighted by atomic mass is 10.1. The van der Waals surface area contributed by atoms with Gasteiger partial charge < -0.3 is 20.7 Å². The van der Waals surface area contributed by atoms with Gasteiger partial charge in [-0.1, -0.05) is 30.3 Å². The van der Waals surface area contributed by atoms with E-state index in [2.05, 4.69) is 17.4 Å². The van der Waals surface area contributed by atoms with Crippen LogP contribution in [0.25, 0.3) is 0 Å². The number of amides is 2. The number of ether oxygens (including phenoxy) is 1. The zero-order valence-electron chi connectivity index (χ0n) is 13.4. The van der Waals surface area contributed by atoms with Gasteiger partial charge in [0.25, 0.3) is 0 Å². The first-order chi connectivity index (χ1) is 11.2. The van der Waals surface area contributed by atoms with E-state index in [1.807, 2.05) is 18.2 Å².